The SMILES string of the molecule is CCOC(=O)c1ccoc1COC(=O)CCS(=O)(=O)c1ccc(C)cc1. The van der Waals surface area contributed by atoms with Gasteiger partial charge in [0.15, 0.2) is 15.6 Å². The van der Waals surface area contributed by atoms with E-state index in [1.165, 1.54) is 24.5 Å². The molecule has 0 fully saturated rings. The lowest BCUT2D eigenvalue weighted by Crippen LogP contribution is -2.14. The number of aryl methyl sites for hydroxylation is 1. The Balaban J connectivity index is 1.89. The topological polar surface area (TPSA) is 99.9 Å². The number of esters is 2. The van der Waals surface area contributed by atoms with Crippen LogP contribution in [0, 0.1) is 6.92 Å². The Morgan fingerprint density at radius 2 is 1.77 bits per heavy atom. The Bertz CT molecular complexity index is 863. The average molecular weight is 380 g/mol. The number of sulfone groups is 1. The lowest BCUT2D eigenvalue weighted by molar-refractivity contribution is -0.145. The van der Waals surface area contributed by atoms with Gasteiger partial charge in [-0.25, -0.2) is 13.2 Å². The maximum Gasteiger partial charge on any atom is 0.341 e. The molecule has 0 bridgehead atoms. The van der Waals surface area contributed by atoms with Crippen molar-refractivity contribution in [3.8, 4) is 0 Å². The molecule has 7 nitrogen and oxygen atoms in total. The van der Waals surface area contributed by atoms with Gasteiger partial charge in [0.05, 0.1) is 29.9 Å². The Hall–Kier alpha value is -2.61. The summed E-state index contributed by atoms with van der Waals surface area (Å²) in [5.41, 5.74) is 1.12. The van der Waals surface area contributed by atoms with Gasteiger partial charge < -0.3 is 13.9 Å². The van der Waals surface area contributed by atoms with Crippen molar-refractivity contribution >= 4 is 21.8 Å². The zero-order valence-corrected chi connectivity index (χ0v) is 15.4. The van der Waals surface area contributed by atoms with Crippen LogP contribution in [-0.4, -0.2) is 32.7 Å². The van der Waals surface area contributed by atoms with E-state index in [4.69, 9.17) is 13.9 Å². The number of ether oxygens (including phenoxy) is 2. The molecule has 2 rings (SSSR count). The molecule has 26 heavy (non-hydrogen) atoms. The van der Waals surface area contributed by atoms with Gasteiger partial charge in [0.2, 0.25) is 0 Å². The molecule has 8 heteroatoms. The minimum absolute atomic E-state index is 0.151. The van der Waals surface area contributed by atoms with E-state index >= 15 is 0 Å². The van der Waals surface area contributed by atoms with Crippen LogP contribution >= 0.6 is 0 Å². The summed E-state index contributed by atoms with van der Waals surface area (Å²) in [7, 11) is -3.57. The Kier molecular flexibility index (Phi) is 6.57. The number of hydrogen-bond donors (Lipinski definition) is 0. The normalized spacial score (nSPS) is 11.2. The largest absolute Gasteiger partial charge is 0.465 e. The third-order valence-electron chi connectivity index (χ3n) is 3.56. The Morgan fingerprint density at radius 3 is 2.42 bits per heavy atom. The van der Waals surface area contributed by atoms with Crippen LogP contribution in [0.3, 0.4) is 0 Å². The summed E-state index contributed by atoms with van der Waals surface area (Å²) >= 11 is 0. The second kappa shape index (κ2) is 8.66. The van der Waals surface area contributed by atoms with Crippen LogP contribution in [0.4, 0.5) is 0 Å². The van der Waals surface area contributed by atoms with Gasteiger partial charge in [-0.3, -0.25) is 4.79 Å². The van der Waals surface area contributed by atoms with Crippen LogP contribution in [0.25, 0.3) is 0 Å². The van der Waals surface area contributed by atoms with Crippen molar-refractivity contribution in [1.82, 2.24) is 0 Å². The zero-order valence-electron chi connectivity index (χ0n) is 14.6. The number of carbonyl (C=O) groups is 2. The standard InChI is InChI=1S/C18H20O7S/c1-3-23-18(20)15-8-10-24-16(15)12-25-17(19)9-11-26(21,22)14-6-4-13(2)5-7-14/h4-8,10H,3,9,11-12H2,1-2H3. The molecule has 0 atom stereocenters. The van der Waals surface area contributed by atoms with E-state index in [1.54, 1.807) is 19.1 Å². The summed E-state index contributed by atoms with van der Waals surface area (Å²) in [5.74, 6) is -1.49. The molecule has 140 valence electrons. The summed E-state index contributed by atoms with van der Waals surface area (Å²) < 4.78 is 39.4. The molecule has 1 aromatic heterocycles. The van der Waals surface area contributed by atoms with Crippen molar-refractivity contribution in [3.05, 3.63) is 53.5 Å². The minimum atomic E-state index is -3.57. The summed E-state index contributed by atoms with van der Waals surface area (Å²) in [6, 6.07) is 7.82. The smallest absolute Gasteiger partial charge is 0.341 e. The van der Waals surface area contributed by atoms with Gasteiger partial charge in [0.1, 0.15) is 12.2 Å². The number of benzene rings is 1. The fraction of sp³-hybridized carbons (Fsp3) is 0.333. The van der Waals surface area contributed by atoms with E-state index in [1.807, 2.05) is 6.92 Å². The molecule has 2 aromatic rings. The van der Waals surface area contributed by atoms with Gasteiger partial charge in [0, 0.05) is 0 Å². The summed E-state index contributed by atoms with van der Waals surface area (Å²) in [5, 5.41) is 0. The van der Waals surface area contributed by atoms with E-state index in [0.717, 1.165) is 5.56 Å². The molecule has 0 aliphatic carbocycles. The van der Waals surface area contributed by atoms with Gasteiger partial charge in [0.25, 0.3) is 0 Å². The molecular formula is C18H20O7S. The molecule has 1 aromatic carbocycles. The monoisotopic (exact) mass is 380 g/mol. The molecule has 1 heterocycles. The molecule has 0 spiro atoms. The van der Waals surface area contributed by atoms with Crippen LogP contribution in [0.5, 0.6) is 0 Å². The average Bonchev–Trinajstić information content (AvgIpc) is 3.07. The first kappa shape index (κ1) is 19.7. The van der Waals surface area contributed by atoms with Gasteiger partial charge in [-0.15, -0.1) is 0 Å². The lowest BCUT2D eigenvalue weighted by atomic mass is 10.2. The number of hydrogen-bond acceptors (Lipinski definition) is 7. The second-order valence-electron chi connectivity index (χ2n) is 5.52. The second-order valence-corrected chi connectivity index (χ2v) is 7.63. The maximum atomic E-state index is 12.2. The van der Waals surface area contributed by atoms with Crippen LogP contribution in [-0.2, 0) is 30.7 Å². The highest BCUT2D eigenvalue weighted by atomic mass is 32.2. The van der Waals surface area contributed by atoms with E-state index < -0.39 is 21.8 Å². The number of rotatable bonds is 8. The van der Waals surface area contributed by atoms with Crippen molar-refractivity contribution in [3.63, 3.8) is 0 Å². The predicted molar refractivity (Wildman–Crippen MR) is 92.3 cm³/mol. The van der Waals surface area contributed by atoms with Crippen molar-refractivity contribution < 1.29 is 31.9 Å². The first-order chi connectivity index (χ1) is 12.3. The summed E-state index contributed by atoms with van der Waals surface area (Å²) in [6.07, 6.45) is 0.989. The van der Waals surface area contributed by atoms with Crippen molar-refractivity contribution in [2.45, 2.75) is 31.8 Å². The molecule has 0 saturated carbocycles. The molecule has 0 N–H and O–H groups in total. The van der Waals surface area contributed by atoms with Gasteiger partial charge >= 0.3 is 11.9 Å². The molecule has 0 unspecified atom stereocenters. The van der Waals surface area contributed by atoms with Crippen LogP contribution in [0.1, 0.15) is 35.0 Å². The molecule has 0 saturated heterocycles. The highest BCUT2D eigenvalue weighted by Gasteiger charge is 2.19. The Labute approximate surface area is 151 Å². The number of carbonyl (C=O) groups excluding carboxylic acids is 2. The van der Waals surface area contributed by atoms with Gasteiger partial charge in [-0.05, 0) is 32.0 Å². The van der Waals surface area contributed by atoms with Gasteiger partial charge in [-0.1, -0.05) is 17.7 Å². The highest BCUT2D eigenvalue weighted by Crippen LogP contribution is 2.15. The zero-order chi connectivity index (χ0) is 19.2. The molecule has 0 amide bonds. The quantitative estimate of drug-likeness (QED) is 0.649. The predicted octanol–water partition coefficient (Wildman–Crippen LogP) is 2.67. The third-order valence-corrected chi connectivity index (χ3v) is 5.29. The fourth-order valence-electron chi connectivity index (χ4n) is 2.14. The van der Waals surface area contributed by atoms with E-state index in [0.29, 0.717) is 0 Å². The molecule has 0 aliphatic heterocycles. The third kappa shape index (κ3) is 5.19. The van der Waals surface area contributed by atoms with Crippen LogP contribution in [0.2, 0.25) is 0 Å². The van der Waals surface area contributed by atoms with E-state index in [2.05, 4.69) is 0 Å². The lowest BCUT2D eigenvalue weighted by Gasteiger charge is -2.06. The molecular weight excluding hydrogens is 360 g/mol. The van der Waals surface area contributed by atoms with Crippen molar-refractivity contribution in [2.24, 2.45) is 0 Å². The highest BCUT2D eigenvalue weighted by molar-refractivity contribution is 7.91. The minimum Gasteiger partial charge on any atom is -0.465 e. The number of furan rings is 1. The van der Waals surface area contributed by atoms with E-state index in [9.17, 15) is 18.0 Å². The first-order valence-corrected chi connectivity index (χ1v) is 9.67. The van der Waals surface area contributed by atoms with E-state index in [-0.39, 0.29) is 41.6 Å². The summed E-state index contributed by atoms with van der Waals surface area (Å²) in [6.45, 7) is 3.46. The molecule has 0 radical (unpaired) electrons. The summed E-state index contributed by atoms with van der Waals surface area (Å²) in [4.78, 5) is 23.7. The van der Waals surface area contributed by atoms with Crippen LogP contribution < -0.4 is 0 Å². The van der Waals surface area contributed by atoms with Crippen molar-refractivity contribution in [2.75, 3.05) is 12.4 Å². The van der Waals surface area contributed by atoms with Gasteiger partial charge in [-0.2, -0.15) is 0 Å². The first-order valence-electron chi connectivity index (χ1n) is 8.02. The van der Waals surface area contributed by atoms with Crippen LogP contribution in [0.15, 0.2) is 45.9 Å². The fourth-order valence-corrected chi connectivity index (χ4v) is 3.36. The van der Waals surface area contributed by atoms with Crippen molar-refractivity contribution in [1.29, 1.82) is 0 Å². The maximum absolute atomic E-state index is 12.2. The Morgan fingerprint density at radius 1 is 1.08 bits per heavy atom. The molecule has 0 aliphatic rings.